The molecule has 0 aromatic heterocycles. The van der Waals surface area contributed by atoms with Gasteiger partial charge >= 0.3 is 53.8 Å². The van der Waals surface area contributed by atoms with Crippen molar-refractivity contribution >= 4 is 156 Å². The maximum absolute atomic E-state index is 12.7. The minimum atomic E-state index is -2.07. The van der Waals surface area contributed by atoms with Crippen LogP contribution in [0.4, 0.5) is 9.59 Å². The summed E-state index contributed by atoms with van der Waals surface area (Å²) in [6, 6.07) is -5.91. The Hall–Kier alpha value is -7.33. The Labute approximate surface area is 885 Å². The number of nitrogens with zero attached hydrogens (tertiary/aromatic N) is 8. The zero-order chi connectivity index (χ0) is 112. The van der Waals surface area contributed by atoms with Crippen LogP contribution in [0.3, 0.4) is 0 Å². The van der Waals surface area contributed by atoms with Gasteiger partial charge in [0, 0.05) is 89.0 Å². The van der Waals surface area contributed by atoms with Crippen LogP contribution in [0.25, 0.3) is 0 Å². The van der Waals surface area contributed by atoms with E-state index in [2.05, 4.69) is 215 Å². The van der Waals surface area contributed by atoms with Crippen molar-refractivity contribution in [1.82, 2.24) is 60.9 Å². The fourth-order valence-electron chi connectivity index (χ4n) is 15.6. The molecule has 0 aromatic carbocycles. The Kier molecular flexibility index (Phi) is 62.1. The summed E-state index contributed by atoms with van der Waals surface area (Å²) < 4.78 is 58.2. The number of halogens is 1. The quantitative estimate of drug-likeness (QED) is 0.00402. The number of carbonyl (C=O) groups is 13. The number of epoxide rings is 1. The van der Waals surface area contributed by atoms with Crippen LogP contribution in [-0.2, 0) is 133 Å². The third kappa shape index (κ3) is 41.9. The number of methoxy groups -OCH3 is 7. The summed E-state index contributed by atoms with van der Waals surface area (Å²) in [5.41, 5.74) is 8.73. The monoisotopic (exact) mass is 2250 g/mol. The molecule has 10 rings (SSSR count). The van der Waals surface area contributed by atoms with E-state index < -0.39 is 115 Å². The molecule has 147 heavy (non-hydrogen) atoms. The Morgan fingerprint density at radius 1 is 0.415 bits per heavy atom. The van der Waals surface area contributed by atoms with Crippen molar-refractivity contribution in [2.45, 2.75) is 287 Å². The fourth-order valence-corrected chi connectivity index (χ4v) is 20.4. The number of hydrogen-bond donors (Lipinski definition) is 9. The van der Waals surface area contributed by atoms with Gasteiger partial charge in [0.2, 0.25) is 0 Å². The normalized spacial score (nSPS) is 27.3. The Morgan fingerprint density at radius 3 is 1.12 bits per heavy atom. The minimum absolute atomic E-state index is 0.0136. The lowest BCUT2D eigenvalue weighted by Crippen LogP contribution is -2.63. The maximum atomic E-state index is 12.7. The second-order valence-corrected chi connectivity index (χ2v) is 55.3. The second kappa shape index (κ2) is 67.3. The SMILES string of the molecule is C=CCON.C=CCON1C(=O)N2C[C@H]1[C@@H](O)C[C@H]2C(=O)OC.C=CCON1C(=O)N2C[C@H]1[C@@H](O[Si](C)(C)C(C)(C)C)C[C@H]2C(=O)OC.C=CCON[C@H]1CN([B]C=O)[C@H](C(=O)OC)C[C@@H]1O.C=CCON[C@H]1CN([B]C=O)[C@H](C(=O)OC)C[C@@H]1O[Si](C)(C)C(C)(C)C.C=CCON[C@H]1CN[C@H](C(=O)OC)C[C@@H]1O[Si](C)(C)C(C)(C)C.CO.COC(=O)[C@@H]1C[C@@H]2O[C@@H]2CN1[B]C=O.COC(=O)[C@@H]1C[C@H](O)[C@@H](I)CN1[B]C=O. The van der Waals surface area contributed by atoms with Gasteiger partial charge in [0.25, 0.3) is 29.7 Å². The van der Waals surface area contributed by atoms with Crippen LogP contribution in [0.5, 0.6) is 0 Å². The number of piperidine rings is 7. The third-order valence-electron chi connectivity index (χ3n) is 26.6. The first-order valence-electron chi connectivity index (χ1n) is 48.1. The topological polar surface area (TPSA) is 563 Å². The van der Waals surface area contributed by atoms with Gasteiger partial charge < -0.3 is 130 Å². The number of urea groups is 2. The van der Waals surface area contributed by atoms with Crippen molar-refractivity contribution in [3.8, 4) is 0 Å². The number of amides is 4. The van der Waals surface area contributed by atoms with Crippen LogP contribution >= 0.6 is 22.6 Å². The molecule has 10 aliphatic rings. The summed E-state index contributed by atoms with van der Waals surface area (Å²) in [6.45, 7) is 58.8. The van der Waals surface area contributed by atoms with E-state index in [-0.39, 0.29) is 143 Å². The summed E-state index contributed by atoms with van der Waals surface area (Å²) in [5, 5.41) is 42.4. The zero-order valence-corrected chi connectivity index (χ0v) is 94.8. The number of esters is 7. The maximum Gasteiger partial charge on any atom is 0.345 e. The lowest BCUT2D eigenvalue weighted by molar-refractivity contribution is -0.151. The van der Waals surface area contributed by atoms with Crippen molar-refractivity contribution in [3.63, 3.8) is 0 Å². The molecule has 830 valence electrons. The lowest BCUT2D eigenvalue weighted by Gasteiger charge is -2.47. The molecule has 10 saturated heterocycles. The van der Waals surface area contributed by atoms with E-state index in [9.17, 15) is 77.6 Å². The number of hydrogen-bond acceptors (Lipinski definition) is 43. The smallest absolute Gasteiger partial charge is 0.345 e. The first kappa shape index (κ1) is 136. The third-order valence-corrected chi connectivity index (χ3v) is 41.3. The largest absolute Gasteiger partial charge is 0.468 e. The van der Waals surface area contributed by atoms with Crippen LogP contribution in [0.2, 0.25) is 54.4 Å². The van der Waals surface area contributed by atoms with Crippen molar-refractivity contribution in [1.29, 1.82) is 0 Å². The summed E-state index contributed by atoms with van der Waals surface area (Å²) in [7, 11) is 9.50. The van der Waals surface area contributed by atoms with Gasteiger partial charge in [0.15, 0.2) is 25.0 Å². The van der Waals surface area contributed by atoms with Crippen molar-refractivity contribution in [2.24, 2.45) is 5.90 Å². The molecule has 0 saturated carbocycles. The molecule has 10 fully saturated rings. The highest BCUT2D eigenvalue weighted by Crippen LogP contribution is 2.44. The number of nitrogens with two attached hydrogens (primary N) is 1. The molecule has 0 spiro atoms. The van der Waals surface area contributed by atoms with Gasteiger partial charge in [0.05, 0.1) is 181 Å². The zero-order valence-electron chi connectivity index (χ0n) is 89.7. The molecule has 4 radical (unpaired) electrons. The number of hydroxylamine groups is 7. The number of carbonyl (C=O) groups excluding carboxylic acids is 13. The van der Waals surface area contributed by atoms with E-state index in [1.165, 1.54) is 105 Å². The molecule has 10 aliphatic heterocycles. The van der Waals surface area contributed by atoms with Crippen molar-refractivity contribution in [3.05, 3.63) is 75.9 Å². The van der Waals surface area contributed by atoms with Crippen LogP contribution in [0.1, 0.15) is 107 Å². The highest BCUT2D eigenvalue weighted by Gasteiger charge is 2.58. The average molecular weight is 2250 g/mol. The number of nitrogens with one attached hydrogen (secondary N) is 4. The van der Waals surface area contributed by atoms with Crippen LogP contribution in [0, 0.1) is 0 Å². The van der Waals surface area contributed by atoms with Gasteiger partial charge in [-0.2, -0.15) is 26.6 Å². The van der Waals surface area contributed by atoms with E-state index in [0.29, 0.717) is 116 Å². The van der Waals surface area contributed by atoms with Crippen LogP contribution in [-0.4, -0.2) is 460 Å². The first-order valence-corrected chi connectivity index (χ1v) is 58.0. The first-order chi connectivity index (χ1) is 69.2. The molecule has 0 unspecified atom stereocenters. The van der Waals surface area contributed by atoms with Gasteiger partial charge in [0.1, 0.15) is 54.4 Å². The van der Waals surface area contributed by atoms with Crippen molar-refractivity contribution < 1.29 is 163 Å². The number of ether oxygens (including phenoxy) is 8. The van der Waals surface area contributed by atoms with Crippen molar-refractivity contribution in [2.75, 3.05) is 142 Å². The standard InChI is InChI=1S/C17H32BN2O5Si.C17H30N2O5Si.C16H32N2O4Si.C11H18BN2O5.C11H16N2O5.C8H12BINO4.C8H11BNO4.C3H7NO.CH4O/c1-8-9-24-19-13-11-20(18-12-21)14(16(22)23-5)10-15(13)25-26(6,7)17(2,3)4;1-8-9-23-19-13-11-18(16(19)21)12(15(20)22-5)10-14(13)24-25(6,7)17(2,3)4;1-8-9-21-18-13-11-17-12(15(19)20-5)10-14(13)22-23(6,7)16(2,3)4;1-3-4-19-13-8-6-14(12-7-15)9(5-10(8)16)11(17)18-2;1-3-4-18-13-8-6-12(11(13)16)7(5-9(8)14)10(15)17-2;1-15-8(14)6-2-7(13)5(10)3-11(6)9-4-12;1-13-8(12)5-2-6-7(14-6)3-10(5)9-4-11;1-2-3-5-4;1-2/h8,12-15,19H,1,9-11H2,2-7H3;8,12-14H,1,9-11H2,2-7H3;8,12-14,17-18H,1,9-11H2,2-7H3;3,7-10,13,16H,1,4-6H2,2H3;3,7-9,14H,1,4-6H2,2H3;4-7,13H,2-3H2,1H3;4-7H,2-3H2,1H3;2H,1,3-4H2;2H,1H3/t13-,14-,15-;2*12-,13-,14-;8-,9-,10-;7-,8-,9-;5-,6-,7-;5-,6-,7+;;/m0000000../s1. The Morgan fingerprint density at radius 2 is 0.735 bits per heavy atom. The lowest BCUT2D eigenvalue weighted by atomic mass is 9.84. The molecule has 0 aromatic rings. The molecular weight excluding hydrogens is 2090 g/mol. The van der Waals surface area contributed by atoms with E-state index in [1.54, 1.807) is 44.8 Å². The Balaban J connectivity index is 0.000000578. The van der Waals surface area contributed by atoms with E-state index in [1.807, 2.05) is 0 Å². The Bertz CT molecular complexity index is 4150. The van der Waals surface area contributed by atoms with Crippen LogP contribution in [0.15, 0.2) is 75.9 Å². The summed E-state index contributed by atoms with van der Waals surface area (Å²) in [4.78, 5) is 189. The molecule has 55 heteroatoms. The average Bonchev–Trinajstić information content (AvgIpc) is 1.61. The number of fused-ring (bicyclic) bond motifs is 5. The van der Waals surface area contributed by atoms with Crippen LogP contribution < -0.4 is 27.7 Å². The van der Waals surface area contributed by atoms with E-state index in [4.69, 9.17) is 61.5 Å². The highest BCUT2D eigenvalue weighted by atomic mass is 127. The molecule has 47 nitrogen and oxygen atoms in total. The molecule has 4 amide bonds. The predicted octanol–water partition coefficient (Wildman–Crippen LogP) is 1.73. The molecule has 4 bridgehead atoms. The number of rotatable bonds is 41. The number of alkyl halides is 1. The molecule has 10 N–H and O–H groups in total. The van der Waals surface area contributed by atoms with Gasteiger partial charge in [-0.15, -0.1) is 39.5 Å². The number of aliphatic hydroxyl groups excluding tert-OH is 4. The molecule has 10 heterocycles. The van der Waals surface area contributed by atoms with Gasteiger partial charge in [-0.05, 0) is 67.2 Å². The second-order valence-electron chi connectivity index (χ2n) is 39.4. The molecule has 0 aliphatic carbocycles. The summed E-state index contributed by atoms with van der Waals surface area (Å²) in [5.74, 6) is 1.79. The summed E-state index contributed by atoms with van der Waals surface area (Å²) >= 11 is 2.10. The number of aliphatic hydroxyl groups is 4. The highest BCUT2D eigenvalue weighted by molar-refractivity contribution is 14.1. The minimum Gasteiger partial charge on any atom is -0.468 e. The molecular formula is C92H162B4IN13O34Si3. The molecule has 21 atom stereocenters. The summed E-state index contributed by atoms with van der Waals surface area (Å²) in [6.07, 6.45) is 12.4. The van der Waals surface area contributed by atoms with E-state index in [0.717, 1.165) is 12.2 Å². The fraction of sp³-hybridized carbons (Fsp3) is 0.728. The predicted molar refractivity (Wildman–Crippen MR) is 564 cm³/mol. The van der Waals surface area contributed by atoms with Gasteiger partial charge in [-0.3, -0.25) is 48.2 Å². The van der Waals surface area contributed by atoms with Gasteiger partial charge in [-0.25, -0.2) is 25.1 Å². The van der Waals surface area contributed by atoms with E-state index >= 15 is 0 Å². The van der Waals surface area contributed by atoms with Gasteiger partial charge in [-0.1, -0.05) is 121 Å².